The first-order valence-corrected chi connectivity index (χ1v) is 7.39. The minimum Gasteiger partial charge on any atom is -0.465 e. The Morgan fingerprint density at radius 1 is 1.24 bits per heavy atom. The quantitative estimate of drug-likeness (QED) is 0.797. The minimum atomic E-state index is -0.530. The van der Waals surface area contributed by atoms with Crippen molar-refractivity contribution in [3.05, 3.63) is 32.9 Å². The standard InChI is InChI=1S/C17H26O4/c1-8-13-11(3)14(18)12(4)15(21-13)10(2)9-20-16(19)17(5,6)7/h10H,8-9H2,1-7H3/t10-/m0/s1. The van der Waals surface area contributed by atoms with E-state index in [1.165, 1.54) is 0 Å². The molecule has 0 radical (unpaired) electrons. The molecule has 0 aliphatic carbocycles. The number of carbonyl (C=O) groups excluding carboxylic acids is 1. The fourth-order valence-electron chi connectivity index (χ4n) is 2.11. The lowest BCUT2D eigenvalue weighted by atomic mass is 9.97. The molecule has 0 aliphatic rings. The van der Waals surface area contributed by atoms with Gasteiger partial charge in [0.2, 0.25) is 0 Å². The Kier molecular flexibility index (Phi) is 5.37. The molecule has 4 nitrogen and oxygen atoms in total. The zero-order chi connectivity index (χ0) is 16.4. The van der Waals surface area contributed by atoms with Crippen LogP contribution in [0.1, 0.15) is 63.2 Å². The van der Waals surface area contributed by atoms with Crippen LogP contribution in [0.15, 0.2) is 9.21 Å². The van der Waals surface area contributed by atoms with Gasteiger partial charge in [-0.15, -0.1) is 0 Å². The highest BCUT2D eigenvalue weighted by atomic mass is 16.5. The van der Waals surface area contributed by atoms with Crippen molar-refractivity contribution < 1.29 is 13.9 Å². The van der Waals surface area contributed by atoms with Gasteiger partial charge in [-0.05, 0) is 34.6 Å². The van der Waals surface area contributed by atoms with E-state index < -0.39 is 5.41 Å². The summed E-state index contributed by atoms with van der Waals surface area (Å²) >= 11 is 0. The first-order valence-electron chi connectivity index (χ1n) is 7.39. The number of hydrogen-bond acceptors (Lipinski definition) is 4. The van der Waals surface area contributed by atoms with Crippen LogP contribution in [0, 0.1) is 19.3 Å². The molecule has 0 saturated carbocycles. The molecule has 0 amide bonds. The fourth-order valence-corrected chi connectivity index (χ4v) is 2.11. The zero-order valence-corrected chi connectivity index (χ0v) is 14.1. The molecular formula is C17H26O4. The third-order valence-corrected chi connectivity index (χ3v) is 3.55. The maximum absolute atomic E-state index is 12.2. The van der Waals surface area contributed by atoms with Gasteiger partial charge in [0.25, 0.3) is 0 Å². The Bertz CT molecular complexity index is 576. The topological polar surface area (TPSA) is 56.5 Å². The van der Waals surface area contributed by atoms with Gasteiger partial charge in [-0.1, -0.05) is 13.8 Å². The van der Waals surface area contributed by atoms with Crippen molar-refractivity contribution in [3.63, 3.8) is 0 Å². The molecule has 4 heteroatoms. The van der Waals surface area contributed by atoms with Crippen LogP contribution < -0.4 is 5.43 Å². The van der Waals surface area contributed by atoms with E-state index in [2.05, 4.69) is 0 Å². The van der Waals surface area contributed by atoms with Crippen molar-refractivity contribution >= 4 is 5.97 Å². The lowest BCUT2D eigenvalue weighted by Gasteiger charge is -2.20. The van der Waals surface area contributed by atoms with Crippen LogP contribution in [0.2, 0.25) is 0 Å². The third kappa shape index (κ3) is 3.96. The minimum absolute atomic E-state index is 0.0158. The maximum Gasteiger partial charge on any atom is 0.311 e. The van der Waals surface area contributed by atoms with E-state index in [0.29, 0.717) is 29.1 Å². The van der Waals surface area contributed by atoms with Crippen molar-refractivity contribution in [2.75, 3.05) is 6.61 Å². The molecule has 0 aliphatic heterocycles. The zero-order valence-electron chi connectivity index (χ0n) is 14.1. The highest BCUT2D eigenvalue weighted by Crippen LogP contribution is 2.23. The van der Waals surface area contributed by atoms with E-state index in [0.717, 1.165) is 0 Å². The summed E-state index contributed by atoms with van der Waals surface area (Å²) in [5.41, 5.74) is 0.751. The van der Waals surface area contributed by atoms with Gasteiger partial charge < -0.3 is 9.15 Å². The molecule has 1 aromatic heterocycles. The summed E-state index contributed by atoms with van der Waals surface area (Å²) in [6.07, 6.45) is 0.669. The van der Waals surface area contributed by atoms with Gasteiger partial charge in [-0.3, -0.25) is 9.59 Å². The molecular weight excluding hydrogens is 268 g/mol. The number of rotatable bonds is 4. The van der Waals surface area contributed by atoms with Gasteiger partial charge in [0.05, 0.1) is 5.41 Å². The summed E-state index contributed by atoms with van der Waals surface area (Å²) in [6.45, 7) is 13.0. The number of carbonyl (C=O) groups is 1. The highest BCUT2D eigenvalue weighted by Gasteiger charge is 2.25. The first kappa shape index (κ1) is 17.5. The van der Waals surface area contributed by atoms with E-state index in [1.807, 2.05) is 34.6 Å². The molecule has 0 bridgehead atoms. The monoisotopic (exact) mass is 294 g/mol. The summed E-state index contributed by atoms with van der Waals surface area (Å²) in [5, 5.41) is 0. The summed E-state index contributed by atoms with van der Waals surface area (Å²) in [5.74, 6) is 0.922. The number of hydrogen-bond donors (Lipinski definition) is 0. The van der Waals surface area contributed by atoms with E-state index in [1.54, 1.807) is 13.8 Å². The first-order chi connectivity index (χ1) is 9.59. The van der Waals surface area contributed by atoms with Crippen molar-refractivity contribution in [3.8, 4) is 0 Å². The van der Waals surface area contributed by atoms with Crippen molar-refractivity contribution in [1.82, 2.24) is 0 Å². The highest BCUT2D eigenvalue weighted by molar-refractivity contribution is 5.75. The van der Waals surface area contributed by atoms with Crippen LogP contribution in [0.5, 0.6) is 0 Å². The SMILES string of the molecule is CCc1oc([C@@H](C)COC(=O)C(C)(C)C)c(C)c(=O)c1C. The van der Waals surface area contributed by atoms with Crippen LogP contribution in [0.25, 0.3) is 0 Å². The Morgan fingerprint density at radius 3 is 2.29 bits per heavy atom. The lowest BCUT2D eigenvalue weighted by molar-refractivity contribution is -0.153. The lowest BCUT2D eigenvalue weighted by Crippen LogP contribution is -2.25. The van der Waals surface area contributed by atoms with E-state index in [9.17, 15) is 9.59 Å². The van der Waals surface area contributed by atoms with Crippen LogP contribution >= 0.6 is 0 Å². The van der Waals surface area contributed by atoms with Crippen LogP contribution in [-0.2, 0) is 16.0 Å². The Morgan fingerprint density at radius 2 is 1.81 bits per heavy atom. The molecule has 0 fully saturated rings. The molecule has 0 N–H and O–H groups in total. The average Bonchev–Trinajstić information content (AvgIpc) is 2.41. The number of aryl methyl sites for hydroxylation is 1. The second kappa shape index (κ2) is 6.46. The second-order valence-corrected chi connectivity index (χ2v) is 6.57. The van der Waals surface area contributed by atoms with Gasteiger partial charge in [0.1, 0.15) is 18.1 Å². The summed E-state index contributed by atoms with van der Waals surface area (Å²) in [6, 6.07) is 0. The molecule has 0 unspecified atom stereocenters. The molecule has 1 rings (SSSR count). The smallest absolute Gasteiger partial charge is 0.311 e. The molecule has 1 atom stereocenters. The average molecular weight is 294 g/mol. The molecule has 0 saturated heterocycles. The molecule has 1 heterocycles. The van der Waals surface area contributed by atoms with Crippen molar-refractivity contribution in [2.45, 2.75) is 60.8 Å². The van der Waals surface area contributed by atoms with Crippen LogP contribution in [0.4, 0.5) is 0 Å². The molecule has 0 aromatic carbocycles. The van der Waals surface area contributed by atoms with Gasteiger partial charge in [-0.25, -0.2) is 0 Å². The Hall–Kier alpha value is -1.58. The van der Waals surface area contributed by atoms with Crippen LogP contribution in [-0.4, -0.2) is 12.6 Å². The van der Waals surface area contributed by atoms with Gasteiger partial charge in [-0.2, -0.15) is 0 Å². The van der Waals surface area contributed by atoms with E-state index in [-0.39, 0.29) is 23.9 Å². The Labute approximate surface area is 126 Å². The predicted molar refractivity (Wildman–Crippen MR) is 82.7 cm³/mol. The molecule has 21 heavy (non-hydrogen) atoms. The number of ether oxygens (including phenoxy) is 1. The summed E-state index contributed by atoms with van der Waals surface area (Å²) in [4.78, 5) is 24.0. The van der Waals surface area contributed by atoms with E-state index >= 15 is 0 Å². The van der Waals surface area contributed by atoms with Gasteiger partial charge >= 0.3 is 5.97 Å². The second-order valence-electron chi connectivity index (χ2n) is 6.57. The summed E-state index contributed by atoms with van der Waals surface area (Å²) in [7, 11) is 0. The largest absolute Gasteiger partial charge is 0.465 e. The summed E-state index contributed by atoms with van der Waals surface area (Å²) < 4.78 is 11.2. The maximum atomic E-state index is 12.2. The van der Waals surface area contributed by atoms with Gasteiger partial charge in [0.15, 0.2) is 5.43 Å². The fraction of sp³-hybridized carbons (Fsp3) is 0.647. The van der Waals surface area contributed by atoms with Gasteiger partial charge in [0, 0.05) is 23.5 Å². The van der Waals surface area contributed by atoms with Crippen molar-refractivity contribution in [1.29, 1.82) is 0 Å². The molecule has 118 valence electrons. The number of esters is 1. The predicted octanol–water partition coefficient (Wildman–Crippen LogP) is 3.51. The van der Waals surface area contributed by atoms with Crippen LogP contribution in [0.3, 0.4) is 0 Å². The normalized spacial score (nSPS) is 13.1. The Balaban J connectivity index is 2.98. The van der Waals surface area contributed by atoms with Crippen molar-refractivity contribution in [2.24, 2.45) is 5.41 Å². The molecule has 1 aromatic rings. The molecule has 0 spiro atoms. The van der Waals surface area contributed by atoms with E-state index in [4.69, 9.17) is 9.15 Å². The third-order valence-electron chi connectivity index (χ3n) is 3.55.